The van der Waals surface area contributed by atoms with E-state index in [9.17, 15) is 4.39 Å². The van der Waals surface area contributed by atoms with Crippen molar-refractivity contribution in [3.8, 4) is 0 Å². The van der Waals surface area contributed by atoms with Gasteiger partial charge in [0.05, 0.1) is 0 Å². The fourth-order valence-electron chi connectivity index (χ4n) is 1.21. The second-order valence-electron chi connectivity index (χ2n) is 2.79. The van der Waals surface area contributed by atoms with Gasteiger partial charge in [-0.25, -0.2) is 0 Å². The number of alkyl halides is 1. The van der Waals surface area contributed by atoms with Crippen molar-refractivity contribution < 1.29 is 25.6 Å². The van der Waals surface area contributed by atoms with Crippen LogP contribution < -0.4 is 26.5 Å². The summed E-state index contributed by atoms with van der Waals surface area (Å²) in [5, 5.41) is 3.12. The molecule has 0 amide bonds. The topological polar surface area (TPSA) is 21.9 Å². The third kappa shape index (κ3) is 1.47. The van der Waals surface area contributed by atoms with Gasteiger partial charge >= 0.3 is 81.6 Å². The first-order valence-corrected chi connectivity index (χ1v) is 7.08. The Labute approximate surface area is 81.6 Å². The van der Waals surface area contributed by atoms with Crippen LogP contribution >= 0.6 is 0 Å². The molecule has 0 spiro atoms. The van der Waals surface area contributed by atoms with E-state index in [1.165, 1.54) is 0 Å². The molecule has 1 N–H and O–H groups in total. The van der Waals surface area contributed by atoms with Crippen molar-refractivity contribution in [2.45, 2.75) is 6.04 Å². The fourth-order valence-corrected chi connectivity index (χ4v) is 2.57. The molecule has 1 aliphatic heterocycles. The average molecular weight is 278 g/mol. The number of benzene rings is 1. The Kier molecular flexibility index (Phi) is 2.32. The Balaban J connectivity index is 2.40. The molecule has 0 radical (unpaired) electrons. The second kappa shape index (κ2) is 3.30. The molecule has 12 heavy (non-hydrogen) atoms. The van der Waals surface area contributed by atoms with Crippen molar-refractivity contribution in [1.82, 2.24) is 5.32 Å². The summed E-state index contributed by atoms with van der Waals surface area (Å²) in [7, 11) is 0. The van der Waals surface area contributed by atoms with Gasteiger partial charge in [0.25, 0.3) is 0 Å². The summed E-state index contributed by atoms with van der Waals surface area (Å²) in [6, 6.07) is 6.02. The van der Waals surface area contributed by atoms with E-state index < -0.39 is 0 Å². The predicted octanol–water partition coefficient (Wildman–Crippen LogP) is -1.64. The minimum atomic E-state index is -0.130. The van der Waals surface area contributed by atoms with E-state index in [1.807, 2.05) is 18.2 Å². The Morgan fingerprint density at radius 3 is 2.92 bits per heavy atom. The molecule has 3 heteroatoms. The van der Waals surface area contributed by atoms with Crippen molar-refractivity contribution in [1.29, 1.82) is 0 Å². The molecular weight excluding hydrogens is 268 g/mol. The maximum absolute atomic E-state index is 13.6. The summed E-state index contributed by atoms with van der Waals surface area (Å²) in [4.78, 5) is 2.08. The Bertz CT molecular complexity index is 297. The Morgan fingerprint density at radius 2 is 2.33 bits per heavy atom. The molecule has 1 aromatic rings. The van der Waals surface area contributed by atoms with Crippen LogP contribution in [0.3, 0.4) is 0 Å². The van der Waals surface area contributed by atoms with Gasteiger partial charge in [0.2, 0.25) is 0 Å². The van der Waals surface area contributed by atoms with E-state index in [4.69, 9.17) is 0 Å². The Morgan fingerprint density at radius 1 is 1.58 bits per heavy atom. The molecule has 0 bridgehead atoms. The maximum atomic E-state index is 13.6. The first-order chi connectivity index (χ1) is 5.83. The molecule has 1 aliphatic rings. The summed E-state index contributed by atoms with van der Waals surface area (Å²) in [5.74, 6) is 0.0304. The van der Waals surface area contributed by atoms with Crippen LogP contribution in [-0.4, -0.2) is 11.5 Å². The molecule has 1 saturated heterocycles. The SMILES string of the molecule is C[I-]c1cccc(C2CN2)c1F. The van der Waals surface area contributed by atoms with Crippen molar-refractivity contribution in [3.05, 3.63) is 33.1 Å². The second-order valence-corrected chi connectivity index (χ2v) is 5.03. The number of hydrogen-bond donors (Lipinski definition) is 1. The number of nitrogens with one attached hydrogen (secondary N) is 1. The van der Waals surface area contributed by atoms with E-state index in [-0.39, 0.29) is 27.0 Å². The molecule has 66 valence electrons. The molecule has 1 heterocycles. The molecular formula is C9H10FIN-. The van der Waals surface area contributed by atoms with Gasteiger partial charge in [-0.3, -0.25) is 0 Å². The standard InChI is InChI=1S/C9H10FIN/c1-11-7-4-2-3-6(9(7)10)8-5-12-8/h2-4,8,12H,5H2,1H3/q-1. The van der Waals surface area contributed by atoms with Crippen molar-refractivity contribution in [2.24, 2.45) is 0 Å². The molecule has 1 fully saturated rings. The molecule has 1 atom stereocenters. The van der Waals surface area contributed by atoms with Crippen molar-refractivity contribution >= 4 is 0 Å². The summed E-state index contributed by atoms with van der Waals surface area (Å²) in [6.07, 6.45) is 0. The quantitative estimate of drug-likeness (QED) is 0.391. The van der Waals surface area contributed by atoms with Crippen LogP contribution in [0.4, 0.5) is 4.39 Å². The van der Waals surface area contributed by atoms with E-state index >= 15 is 0 Å². The van der Waals surface area contributed by atoms with Crippen molar-refractivity contribution in [2.75, 3.05) is 11.5 Å². The zero-order chi connectivity index (χ0) is 8.55. The normalized spacial score (nSPS) is 21.3. The zero-order valence-corrected chi connectivity index (χ0v) is 8.93. The molecule has 1 nitrogen and oxygen atoms in total. The van der Waals surface area contributed by atoms with E-state index in [0.717, 1.165) is 15.7 Å². The first-order valence-electron chi connectivity index (χ1n) is 3.84. The van der Waals surface area contributed by atoms with Crippen LogP contribution in [0.2, 0.25) is 0 Å². The summed E-state index contributed by atoms with van der Waals surface area (Å²) in [6.45, 7) is 0.933. The minimum absolute atomic E-state index is 0.0304. The molecule has 0 aliphatic carbocycles. The van der Waals surface area contributed by atoms with E-state index in [0.29, 0.717) is 6.04 Å². The average Bonchev–Trinajstić information content (AvgIpc) is 2.88. The van der Waals surface area contributed by atoms with E-state index in [2.05, 4.69) is 10.2 Å². The summed E-state index contributed by atoms with van der Waals surface area (Å²) < 4.78 is 14.5. The number of rotatable bonds is 2. The summed E-state index contributed by atoms with van der Waals surface area (Å²) in [5.41, 5.74) is 0.856. The van der Waals surface area contributed by atoms with Crippen LogP contribution in [0.1, 0.15) is 11.6 Å². The molecule has 1 unspecified atom stereocenters. The van der Waals surface area contributed by atoms with Crippen LogP contribution in [0.15, 0.2) is 18.2 Å². The number of halogens is 2. The van der Waals surface area contributed by atoms with Crippen LogP contribution in [0, 0.1) is 9.39 Å². The monoisotopic (exact) mass is 278 g/mol. The van der Waals surface area contributed by atoms with Crippen LogP contribution in [0.25, 0.3) is 0 Å². The first kappa shape index (κ1) is 8.44. The predicted molar refractivity (Wildman–Crippen MR) is 41.8 cm³/mol. The fraction of sp³-hybridized carbons (Fsp3) is 0.333. The van der Waals surface area contributed by atoms with Gasteiger partial charge in [0, 0.05) is 0 Å². The van der Waals surface area contributed by atoms with Gasteiger partial charge in [0.1, 0.15) is 0 Å². The summed E-state index contributed by atoms with van der Waals surface area (Å²) >= 11 is -0.130. The van der Waals surface area contributed by atoms with Gasteiger partial charge in [-0.2, -0.15) is 0 Å². The van der Waals surface area contributed by atoms with Gasteiger partial charge in [-0.1, -0.05) is 0 Å². The zero-order valence-electron chi connectivity index (χ0n) is 6.77. The van der Waals surface area contributed by atoms with Crippen molar-refractivity contribution in [3.63, 3.8) is 0 Å². The molecule has 1 aromatic carbocycles. The molecule has 2 rings (SSSR count). The third-order valence-electron chi connectivity index (χ3n) is 1.97. The molecule has 0 saturated carbocycles. The van der Waals surface area contributed by atoms with Gasteiger partial charge in [-0.15, -0.1) is 0 Å². The number of hydrogen-bond acceptors (Lipinski definition) is 1. The van der Waals surface area contributed by atoms with Gasteiger partial charge < -0.3 is 0 Å². The van der Waals surface area contributed by atoms with Gasteiger partial charge in [-0.05, 0) is 0 Å². The van der Waals surface area contributed by atoms with Gasteiger partial charge in [0.15, 0.2) is 0 Å². The molecule has 0 aromatic heterocycles. The Hall–Kier alpha value is -0.160. The van der Waals surface area contributed by atoms with E-state index in [1.54, 1.807) is 0 Å². The third-order valence-corrected chi connectivity index (χ3v) is 3.96. The van der Waals surface area contributed by atoms with Crippen LogP contribution in [-0.2, 0) is 0 Å². The van der Waals surface area contributed by atoms with Crippen LogP contribution in [0.5, 0.6) is 0 Å².